The van der Waals surface area contributed by atoms with Crippen LogP contribution in [0.5, 0.6) is 5.75 Å². The van der Waals surface area contributed by atoms with E-state index in [-0.39, 0.29) is 5.97 Å². The summed E-state index contributed by atoms with van der Waals surface area (Å²) in [7, 11) is 0. The minimum absolute atomic E-state index is 0.331. The summed E-state index contributed by atoms with van der Waals surface area (Å²) < 4.78 is 13.0. The Hall–Kier alpha value is -2.53. The van der Waals surface area contributed by atoms with Gasteiger partial charge >= 0.3 is 5.97 Å². The van der Waals surface area contributed by atoms with Crippen molar-refractivity contribution in [2.24, 2.45) is 0 Å². The van der Waals surface area contributed by atoms with Gasteiger partial charge < -0.3 is 14.0 Å². The fourth-order valence-electron chi connectivity index (χ4n) is 3.24. The summed E-state index contributed by atoms with van der Waals surface area (Å²) in [5.74, 6) is 1.31. The molecule has 0 spiro atoms. The molecular formula is C23H27ClN2O3. The third kappa shape index (κ3) is 5.10. The third-order valence-electron chi connectivity index (χ3n) is 4.82. The van der Waals surface area contributed by atoms with Crippen molar-refractivity contribution >= 4 is 28.6 Å². The number of imidazole rings is 1. The van der Waals surface area contributed by atoms with Crippen molar-refractivity contribution in [3.05, 3.63) is 58.4 Å². The van der Waals surface area contributed by atoms with E-state index in [9.17, 15) is 4.79 Å². The Morgan fingerprint density at radius 3 is 2.69 bits per heavy atom. The molecule has 0 N–H and O–H groups in total. The smallest absolute Gasteiger partial charge is 0.338 e. The van der Waals surface area contributed by atoms with E-state index in [1.54, 1.807) is 13.0 Å². The van der Waals surface area contributed by atoms with Crippen molar-refractivity contribution in [1.29, 1.82) is 0 Å². The number of benzene rings is 2. The molecule has 0 fully saturated rings. The maximum atomic E-state index is 12.1. The molecule has 0 radical (unpaired) electrons. The highest BCUT2D eigenvalue weighted by molar-refractivity contribution is 6.31. The molecule has 3 aromatic rings. The number of esters is 1. The Balaban J connectivity index is 1.82. The third-order valence-corrected chi connectivity index (χ3v) is 5.17. The van der Waals surface area contributed by atoms with Gasteiger partial charge in [-0.1, -0.05) is 37.4 Å². The highest BCUT2D eigenvalue weighted by Gasteiger charge is 2.14. The molecule has 2 aromatic carbocycles. The van der Waals surface area contributed by atoms with Crippen molar-refractivity contribution < 1.29 is 14.3 Å². The number of hydrogen-bond acceptors (Lipinski definition) is 4. The predicted octanol–water partition coefficient (Wildman–Crippen LogP) is 5.79. The number of carbonyl (C=O) groups excluding carboxylic acids is 1. The summed E-state index contributed by atoms with van der Waals surface area (Å²) in [6.45, 7) is 7.52. The van der Waals surface area contributed by atoms with Gasteiger partial charge in [0.2, 0.25) is 0 Å². The van der Waals surface area contributed by atoms with Gasteiger partial charge in [0.15, 0.2) is 0 Å². The second kappa shape index (κ2) is 9.79. The normalized spacial score (nSPS) is 11.0. The minimum atomic E-state index is -0.331. The number of aromatic nitrogens is 2. The van der Waals surface area contributed by atoms with Gasteiger partial charge in [-0.3, -0.25) is 0 Å². The largest absolute Gasteiger partial charge is 0.494 e. The Morgan fingerprint density at radius 1 is 1.14 bits per heavy atom. The summed E-state index contributed by atoms with van der Waals surface area (Å²) in [6.07, 6.45) is 3.37. The van der Waals surface area contributed by atoms with E-state index in [1.807, 2.05) is 37.3 Å². The lowest BCUT2D eigenvalue weighted by molar-refractivity contribution is 0.0526. The van der Waals surface area contributed by atoms with Crippen LogP contribution in [0, 0.1) is 6.92 Å². The monoisotopic (exact) mass is 414 g/mol. The molecule has 0 bridgehead atoms. The Bertz CT molecular complexity index is 997. The van der Waals surface area contributed by atoms with Crippen LogP contribution in [0.15, 0.2) is 36.4 Å². The number of aryl methyl sites for hydroxylation is 1. The van der Waals surface area contributed by atoms with Gasteiger partial charge in [0.25, 0.3) is 0 Å². The topological polar surface area (TPSA) is 53.4 Å². The van der Waals surface area contributed by atoms with E-state index in [4.69, 9.17) is 21.1 Å². The highest BCUT2D eigenvalue weighted by atomic mass is 35.5. The molecule has 0 unspecified atom stereocenters. The Morgan fingerprint density at radius 2 is 1.97 bits per heavy atom. The highest BCUT2D eigenvalue weighted by Crippen LogP contribution is 2.26. The summed E-state index contributed by atoms with van der Waals surface area (Å²) in [4.78, 5) is 16.7. The van der Waals surface area contributed by atoms with Crippen LogP contribution in [0.4, 0.5) is 0 Å². The fourth-order valence-corrected chi connectivity index (χ4v) is 3.47. The van der Waals surface area contributed by atoms with E-state index < -0.39 is 0 Å². The minimum Gasteiger partial charge on any atom is -0.494 e. The van der Waals surface area contributed by atoms with E-state index in [0.29, 0.717) is 30.3 Å². The van der Waals surface area contributed by atoms with Gasteiger partial charge in [-0.05, 0) is 56.2 Å². The zero-order chi connectivity index (χ0) is 20.8. The molecule has 1 aromatic heterocycles. The molecule has 0 aliphatic carbocycles. The van der Waals surface area contributed by atoms with Crippen molar-refractivity contribution in [1.82, 2.24) is 9.55 Å². The number of unbranched alkanes of at least 4 members (excludes halogenated alkanes) is 2. The molecular weight excluding hydrogens is 388 g/mol. The average Bonchev–Trinajstić information content (AvgIpc) is 3.02. The van der Waals surface area contributed by atoms with Crippen LogP contribution in [0.2, 0.25) is 5.02 Å². The molecule has 0 aliphatic heterocycles. The zero-order valence-corrected chi connectivity index (χ0v) is 18.0. The van der Waals surface area contributed by atoms with Crippen LogP contribution in [0.25, 0.3) is 11.0 Å². The van der Waals surface area contributed by atoms with Gasteiger partial charge in [0, 0.05) is 5.02 Å². The number of ether oxygens (including phenoxy) is 2. The first-order valence-electron chi connectivity index (χ1n) is 10.1. The van der Waals surface area contributed by atoms with Crippen molar-refractivity contribution in [3.8, 4) is 5.75 Å². The van der Waals surface area contributed by atoms with E-state index in [1.165, 1.54) is 6.42 Å². The summed E-state index contributed by atoms with van der Waals surface area (Å²) >= 11 is 6.53. The lowest BCUT2D eigenvalue weighted by Gasteiger charge is -2.12. The number of halogens is 1. The lowest BCUT2D eigenvalue weighted by Crippen LogP contribution is -2.06. The molecule has 3 rings (SSSR count). The Labute approximate surface area is 176 Å². The summed E-state index contributed by atoms with van der Waals surface area (Å²) in [5.41, 5.74) is 3.20. The quantitative estimate of drug-likeness (QED) is 0.328. The van der Waals surface area contributed by atoms with Crippen LogP contribution >= 0.6 is 11.6 Å². The number of carbonyl (C=O) groups is 1. The average molecular weight is 415 g/mol. The van der Waals surface area contributed by atoms with Crippen LogP contribution in [0.3, 0.4) is 0 Å². The molecule has 0 amide bonds. The first-order valence-corrected chi connectivity index (χ1v) is 10.5. The van der Waals surface area contributed by atoms with E-state index >= 15 is 0 Å². The molecule has 0 atom stereocenters. The van der Waals surface area contributed by atoms with Crippen molar-refractivity contribution in [2.45, 2.75) is 46.6 Å². The zero-order valence-electron chi connectivity index (χ0n) is 17.2. The Kier molecular flexibility index (Phi) is 7.15. The maximum Gasteiger partial charge on any atom is 0.338 e. The van der Waals surface area contributed by atoms with Gasteiger partial charge in [0.1, 0.15) is 11.6 Å². The lowest BCUT2D eigenvalue weighted by atomic mass is 10.2. The number of fused-ring (bicyclic) bond motifs is 1. The van der Waals surface area contributed by atoms with Crippen molar-refractivity contribution in [2.75, 3.05) is 13.2 Å². The van der Waals surface area contributed by atoms with Crippen LogP contribution in [0.1, 0.15) is 54.9 Å². The number of hydrogen-bond donors (Lipinski definition) is 0. The number of rotatable bonds is 9. The molecule has 0 aliphatic rings. The molecule has 0 saturated heterocycles. The van der Waals surface area contributed by atoms with Crippen LogP contribution < -0.4 is 4.74 Å². The molecule has 0 saturated carbocycles. The van der Waals surface area contributed by atoms with Crippen molar-refractivity contribution in [3.63, 3.8) is 0 Å². The molecule has 1 heterocycles. The van der Waals surface area contributed by atoms with Gasteiger partial charge in [-0.2, -0.15) is 0 Å². The number of nitrogens with zero attached hydrogens (tertiary/aromatic N) is 2. The predicted molar refractivity (Wildman–Crippen MR) is 116 cm³/mol. The maximum absolute atomic E-state index is 12.1. The van der Waals surface area contributed by atoms with Crippen LogP contribution in [-0.2, 0) is 11.3 Å². The summed E-state index contributed by atoms with van der Waals surface area (Å²) in [5, 5.41) is 0.654. The van der Waals surface area contributed by atoms with Crippen LogP contribution in [-0.4, -0.2) is 28.7 Å². The fraction of sp³-hybridized carbons (Fsp3) is 0.391. The first kappa shape index (κ1) is 21.2. The van der Waals surface area contributed by atoms with Gasteiger partial charge in [-0.25, -0.2) is 9.78 Å². The second-order valence-electron chi connectivity index (χ2n) is 6.98. The standard InChI is InChI=1S/C23H27ClN2O3/c1-4-6-7-12-29-19-10-8-18(20(24)14-19)15-26-16(3)25-21-11-9-17(13-22(21)26)23(27)28-5-2/h8-11,13-14H,4-7,12,15H2,1-3H3. The summed E-state index contributed by atoms with van der Waals surface area (Å²) in [6, 6.07) is 11.2. The SMILES string of the molecule is CCCCCOc1ccc(Cn2c(C)nc3ccc(C(=O)OCC)cc32)c(Cl)c1. The van der Waals surface area contributed by atoms with E-state index in [2.05, 4.69) is 16.5 Å². The molecule has 154 valence electrons. The molecule has 29 heavy (non-hydrogen) atoms. The first-order chi connectivity index (χ1) is 14.0. The molecule has 5 nitrogen and oxygen atoms in total. The van der Waals surface area contributed by atoms with Gasteiger partial charge in [0.05, 0.1) is 36.4 Å². The van der Waals surface area contributed by atoms with E-state index in [0.717, 1.165) is 41.0 Å². The van der Waals surface area contributed by atoms with Gasteiger partial charge in [-0.15, -0.1) is 0 Å². The molecule has 6 heteroatoms. The second-order valence-corrected chi connectivity index (χ2v) is 7.39.